The summed E-state index contributed by atoms with van der Waals surface area (Å²) in [6.45, 7) is 0. The highest BCUT2D eigenvalue weighted by Gasteiger charge is 2.23. The number of nitrogen functional groups attached to an aromatic ring is 1. The van der Waals surface area contributed by atoms with Crippen LogP contribution in [0.15, 0.2) is 12.1 Å². The van der Waals surface area contributed by atoms with Crippen LogP contribution in [0.2, 0.25) is 5.02 Å². The number of fused-ring (bicyclic) bond motifs is 1. The van der Waals surface area contributed by atoms with Crippen molar-refractivity contribution >= 4 is 28.3 Å². The summed E-state index contributed by atoms with van der Waals surface area (Å²) in [5.41, 5.74) is 8.28. The molecular formula is C11H12ClN3. The van der Waals surface area contributed by atoms with Gasteiger partial charge in [0.05, 0.1) is 11.2 Å². The molecule has 3 N–H and O–H groups in total. The Hall–Kier alpha value is -1.22. The molecule has 0 saturated heterocycles. The van der Waals surface area contributed by atoms with Gasteiger partial charge in [-0.05, 0) is 30.9 Å². The average Bonchev–Trinajstić information content (AvgIpc) is 2.85. The molecule has 0 spiro atoms. The average molecular weight is 222 g/mol. The summed E-state index contributed by atoms with van der Waals surface area (Å²) < 4.78 is 0. The normalized spacial score (nSPS) is 16.1. The number of aromatic nitrogens is 2. The minimum Gasteiger partial charge on any atom is -0.397 e. The molecule has 3 rings (SSSR count). The molecule has 0 atom stereocenters. The summed E-state index contributed by atoms with van der Waals surface area (Å²) in [5.74, 6) is 1.85. The minimum absolute atomic E-state index is 0.649. The summed E-state index contributed by atoms with van der Waals surface area (Å²) in [4.78, 5) is 7.77. The first kappa shape index (κ1) is 9.04. The van der Waals surface area contributed by atoms with Gasteiger partial charge in [-0.25, -0.2) is 4.98 Å². The monoisotopic (exact) mass is 221 g/mol. The summed E-state index contributed by atoms with van der Waals surface area (Å²) >= 11 is 5.92. The molecule has 1 fully saturated rings. The van der Waals surface area contributed by atoms with E-state index >= 15 is 0 Å². The molecule has 1 aliphatic rings. The molecule has 78 valence electrons. The highest BCUT2D eigenvalue weighted by Crippen LogP contribution is 2.33. The SMILES string of the molecule is Nc1cc(Cl)cc2[nH]c(CC3CC3)nc12. The molecule has 0 unspecified atom stereocenters. The predicted octanol–water partition coefficient (Wildman–Crippen LogP) is 2.75. The number of nitrogens with one attached hydrogen (secondary N) is 1. The van der Waals surface area contributed by atoms with E-state index in [1.165, 1.54) is 12.8 Å². The Labute approximate surface area is 92.6 Å². The van der Waals surface area contributed by atoms with Crippen LogP contribution in [0, 0.1) is 5.92 Å². The van der Waals surface area contributed by atoms with Gasteiger partial charge in [-0.15, -0.1) is 0 Å². The Morgan fingerprint density at radius 2 is 2.27 bits per heavy atom. The van der Waals surface area contributed by atoms with E-state index in [-0.39, 0.29) is 0 Å². The summed E-state index contributed by atoms with van der Waals surface area (Å²) in [6.07, 6.45) is 3.69. The van der Waals surface area contributed by atoms with Crippen molar-refractivity contribution in [1.29, 1.82) is 0 Å². The number of nitrogens with zero attached hydrogens (tertiary/aromatic N) is 1. The zero-order valence-corrected chi connectivity index (χ0v) is 9.01. The molecule has 1 aliphatic carbocycles. The molecule has 1 aromatic heterocycles. The fourth-order valence-corrected chi connectivity index (χ4v) is 2.08. The highest BCUT2D eigenvalue weighted by molar-refractivity contribution is 6.31. The zero-order chi connectivity index (χ0) is 10.4. The molecule has 0 radical (unpaired) electrons. The molecule has 0 bridgehead atoms. The summed E-state index contributed by atoms with van der Waals surface area (Å²) in [7, 11) is 0. The Kier molecular flexibility index (Phi) is 1.89. The number of halogens is 1. The van der Waals surface area contributed by atoms with Crippen LogP contribution in [0.25, 0.3) is 11.0 Å². The van der Waals surface area contributed by atoms with Gasteiger partial charge < -0.3 is 10.7 Å². The van der Waals surface area contributed by atoms with E-state index in [2.05, 4.69) is 9.97 Å². The number of H-pyrrole nitrogens is 1. The summed E-state index contributed by atoms with van der Waals surface area (Å²) in [6, 6.07) is 3.61. The van der Waals surface area contributed by atoms with Crippen LogP contribution in [0.4, 0.5) is 5.69 Å². The molecule has 2 aromatic rings. The number of hydrogen-bond donors (Lipinski definition) is 2. The van der Waals surface area contributed by atoms with Crippen molar-refractivity contribution in [2.45, 2.75) is 19.3 Å². The molecule has 4 heteroatoms. The standard InChI is InChI=1S/C11H12ClN3/c12-7-4-8(13)11-9(5-7)14-10(15-11)3-6-1-2-6/h4-6H,1-3,13H2,(H,14,15). The first-order valence-corrected chi connectivity index (χ1v) is 5.54. The number of nitrogens with two attached hydrogens (primary N) is 1. The van der Waals surface area contributed by atoms with Crippen molar-refractivity contribution in [3.8, 4) is 0 Å². The van der Waals surface area contributed by atoms with Gasteiger partial charge in [0, 0.05) is 11.4 Å². The number of rotatable bonds is 2. The van der Waals surface area contributed by atoms with E-state index in [9.17, 15) is 0 Å². The van der Waals surface area contributed by atoms with Crippen molar-refractivity contribution in [2.75, 3.05) is 5.73 Å². The van der Waals surface area contributed by atoms with Gasteiger partial charge in [-0.3, -0.25) is 0 Å². The predicted molar refractivity (Wildman–Crippen MR) is 61.9 cm³/mol. The van der Waals surface area contributed by atoms with Crippen molar-refractivity contribution < 1.29 is 0 Å². The van der Waals surface area contributed by atoms with E-state index in [0.717, 1.165) is 29.2 Å². The van der Waals surface area contributed by atoms with Crippen LogP contribution >= 0.6 is 11.6 Å². The van der Waals surface area contributed by atoms with E-state index in [1.807, 2.05) is 6.07 Å². The van der Waals surface area contributed by atoms with Gasteiger partial charge in [0.15, 0.2) is 0 Å². The molecule has 1 heterocycles. The topological polar surface area (TPSA) is 54.7 Å². The van der Waals surface area contributed by atoms with Crippen LogP contribution in [0.5, 0.6) is 0 Å². The maximum Gasteiger partial charge on any atom is 0.112 e. The number of aromatic amines is 1. The van der Waals surface area contributed by atoms with Crippen molar-refractivity contribution in [3.63, 3.8) is 0 Å². The molecule has 0 amide bonds. The van der Waals surface area contributed by atoms with Crippen molar-refractivity contribution in [1.82, 2.24) is 9.97 Å². The van der Waals surface area contributed by atoms with Gasteiger partial charge in [-0.1, -0.05) is 11.6 Å². The fourth-order valence-electron chi connectivity index (χ4n) is 1.85. The summed E-state index contributed by atoms with van der Waals surface area (Å²) in [5, 5.41) is 0.654. The minimum atomic E-state index is 0.649. The maximum absolute atomic E-state index is 5.92. The second kappa shape index (κ2) is 3.14. The lowest BCUT2D eigenvalue weighted by atomic mass is 10.3. The Morgan fingerprint density at radius 3 is 3.00 bits per heavy atom. The third-order valence-corrected chi connectivity index (χ3v) is 3.03. The largest absolute Gasteiger partial charge is 0.397 e. The lowest BCUT2D eigenvalue weighted by molar-refractivity contribution is 0.788. The van der Waals surface area contributed by atoms with Crippen LogP contribution in [-0.4, -0.2) is 9.97 Å². The Morgan fingerprint density at radius 1 is 1.47 bits per heavy atom. The van der Waals surface area contributed by atoms with Crippen LogP contribution < -0.4 is 5.73 Å². The van der Waals surface area contributed by atoms with Gasteiger partial charge in [0.1, 0.15) is 11.3 Å². The number of benzene rings is 1. The van der Waals surface area contributed by atoms with E-state index in [0.29, 0.717) is 10.7 Å². The van der Waals surface area contributed by atoms with E-state index in [1.54, 1.807) is 6.07 Å². The quantitative estimate of drug-likeness (QED) is 0.767. The van der Waals surface area contributed by atoms with Crippen LogP contribution in [0.3, 0.4) is 0 Å². The van der Waals surface area contributed by atoms with Crippen LogP contribution in [0.1, 0.15) is 18.7 Å². The second-order valence-corrected chi connectivity index (χ2v) is 4.66. The zero-order valence-electron chi connectivity index (χ0n) is 8.26. The van der Waals surface area contributed by atoms with Gasteiger partial charge in [0.25, 0.3) is 0 Å². The molecule has 1 aromatic carbocycles. The van der Waals surface area contributed by atoms with Gasteiger partial charge in [-0.2, -0.15) is 0 Å². The first-order valence-electron chi connectivity index (χ1n) is 5.16. The fraction of sp³-hybridized carbons (Fsp3) is 0.364. The maximum atomic E-state index is 5.92. The number of anilines is 1. The lowest BCUT2D eigenvalue weighted by Crippen LogP contribution is -1.89. The molecule has 1 saturated carbocycles. The third kappa shape index (κ3) is 1.67. The number of imidazole rings is 1. The van der Waals surface area contributed by atoms with E-state index in [4.69, 9.17) is 17.3 Å². The van der Waals surface area contributed by atoms with Crippen molar-refractivity contribution in [3.05, 3.63) is 23.0 Å². The van der Waals surface area contributed by atoms with Gasteiger partial charge >= 0.3 is 0 Å². The Balaban J connectivity index is 2.07. The first-order chi connectivity index (χ1) is 7.22. The second-order valence-electron chi connectivity index (χ2n) is 4.22. The van der Waals surface area contributed by atoms with Crippen LogP contribution in [-0.2, 0) is 6.42 Å². The molecule has 3 nitrogen and oxygen atoms in total. The molecular weight excluding hydrogens is 210 g/mol. The third-order valence-electron chi connectivity index (χ3n) is 2.81. The van der Waals surface area contributed by atoms with Crippen molar-refractivity contribution in [2.24, 2.45) is 5.92 Å². The number of hydrogen-bond acceptors (Lipinski definition) is 2. The lowest BCUT2D eigenvalue weighted by Gasteiger charge is -1.94. The highest BCUT2D eigenvalue weighted by atomic mass is 35.5. The molecule has 0 aliphatic heterocycles. The molecule has 15 heavy (non-hydrogen) atoms. The van der Waals surface area contributed by atoms with Gasteiger partial charge in [0.2, 0.25) is 0 Å². The Bertz CT molecular complexity index is 514. The smallest absolute Gasteiger partial charge is 0.112 e. The van der Waals surface area contributed by atoms with E-state index < -0.39 is 0 Å².